The molecule has 0 spiro atoms. The summed E-state index contributed by atoms with van der Waals surface area (Å²) in [5, 5.41) is 10.2. The summed E-state index contributed by atoms with van der Waals surface area (Å²) in [6.07, 6.45) is 2.31. The summed E-state index contributed by atoms with van der Waals surface area (Å²) in [6.45, 7) is 2.00. The van der Waals surface area contributed by atoms with E-state index in [1.54, 1.807) is 18.2 Å². The molecule has 6 heteroatoms. The van der Waals surface area contributed by atoms with Crippen LogP contribution >= 0.6 is 35.6 Å². The molecule has 0 fully saturated rings. The second kappa shape index (κ2) is 7.95. The first-order valence-corrected chi connectivity index (χ1v) is 6.61. The van der Waals surface area contributed by atoms with Crippen molar-refractivity contribution in [2.75, 3.05) is 0 Å². The lowest BCUT2D eigenvalue weighted by Crippen LogP contribution is -2.49. The number of halogens is 3. The van der Waals surface area contributed by atoms with Crippen LogP contribution in [0.15, 0.2) is 18.2 Å². The van der Waals surface area contributed by atoms with Gasteiger partial charge in [-0.15, -0.1) is 12.4 Å². The fourth-order valence-corrected chi connectivity index (χ4v) is 2.24. The van der Waals surface area contributed by atoms with Crippen molar-refractivity contribution in [1.82, 2.24) is 0 Å². The molecule has 1 rings (SSSR count). The highest BCUT2D eigenvalue weighted by Crippen LogP contribution is 2.26. The maximum absolute atomic E-state index is 11.3. The van der Waals surface area contributed by atoms with Gasteiger partial charge in [0.2, 0.25) is 0 Å². The Morgan fingerprint density at radius 1 is 1.42 bits per heavy atom. The number of nitrogens with two attached hydrogens (primary N) is 1. The van der Waals surface area contributed by atoms with Gasteiger partial charge in [0.25, 0.3) is 0 Å². The first kappa shape index (κ1) is 18.5. The van der Waals surface area contributed by atoms with Crippen LogP contribution in [0.2, 0.25) is 10.0 Å². The van der Waals surface area contributed by atoms with Gasteiger partial charge in [0.1, 0.15) is 5.54 Å². The summed E-state index contributed by atoms with van der Waals surface area (Å²) in [5.41, 5.74) is 5.41. The van der Waals surface area contributed by atoms with Crippen LogP contribution in [0, 0.1) is 0 Å². The molecular formula is C13H18Cl3NO2. The Labute approximate surface area is 129 Å². The van der Waals surface area contributed by atoms with E-state index < -0.39 is 11.5 Å². The zero-order valence-corrected chi connectivity index (χ0v) is 13.0. The van der Waals surface area contributed by atoms with Crippen molar-refractivity contribution in [1.29, 1.82) is 0 Å². The van der Waals surface area contributed by atoms with E-state index in [0.29, 0.717) is 22.0 Å². The molecule has 3 N–H and O–H groups in total. The zero-order chi connectivity index (χ0) is 13.8. The highest BCUT2D eigenvalue weighted by molar-refractivity contribution is 6.35. The summed E-state index contributed by atoms with van der Waals surface area (Å²) in [5.74, 6) is -0.998. The summed E-state index contributed by atoms with van der Waals surface area (Å²) < 4.78 is 0. The van der Waals surface area contributed by atoms with Crippen LogP contribution in [-0.4, -0.2) is 16.6 Å². The molecule has 1 aromatic carbocycles. The molecule has 108 valence electrons. The minimum atomic E-state index is -1.27. The van der Waals surface area contributed by atoms with Gasteiger partial charge in [0, 0.05) is 16.5 Å². The molecule has 0 saturated heterocycles. The third kappa shape index (κ3) is 5.19. The predicted octanol–water partition coefficient (Wildman–Crippen LogP) is 3.93. The van der Waals surface area contributed by atoms with Crippen LogP contribution in [0.1, 0.15) is 31.7 Å². The number of carboxylic acids is 1. The largest absolute Gasteiger partial charge is 0.480 e. The van der Waals surface area contributed by atoms with E-state index in [1.165, 1.54) is 0 Å². The Bertz CT molecular complexity index is 440. The summed E-state index contributed by atoms with van der Waals surface area (Å²) in [7, 11) is 0. The highest BCUT2D eigenvalue weighted by atomic mass is 35.5. The molecule has 0 bridgehead atoms. The van der Waals surface area contributed by atoms with Crippen LogP contribution in [0.5, 0.6) is 0 Å². The molecule has 3 nitrogen and oxygen atoms in total. The number of hydrogen-bond donors (Lipinski definition) is 2. The summed E-state index contributed by atoms with van der Waals surface area (Å²) in [4.78, 5) is 11.3. The van der Waals surface area contributed by atoms with E-state index in [2.05, 4.69) is 0 Å². The lowest BCUT2D eigenvalue weighted by Gasteiger charge is -2.25. The quantitative estimate of drug-likeness (QED) is 0.832. The average Bonchev–Trinajstić information content (AvgIpc) is 2.30. The van der Waals surface area contributed by atoms with Gasteiger partial charge in [0.15, 0.2) is 0 Å². The topological polar surface area (TPSA) is 63.3 Å². The van der Waals surface area contributed by atoms with Gasteiger partial charge in [-0.2, -0.15) is 0 Å². The third-order valence-corrected chi connectivity index (χ3v) is 3.51. The minimum absolute atomic E-state index is 0. The zero-order valence-electron chi connectivity index (χ0n) is 10.7. The third-order valence-electron chi connectivity index (χ3n) is 2.92. The maximum atomic E-state index is 11.3. The molecule has 0 aliphatic rings. The second-order valence-electron chi connectivity index (χ2n) is 4.48. The van der Waals surface area contributed by atoms with E-state index in [9.17, 15) is 9.90 Å². The average molecular weight is 327 g/mol. The Kier molecular flexibility index (Phi) is 7.75. The standard InChI is InChI=1S/C13H17Cl2NO2.ClH/c1-2-3-6-13(16,12(17)18)8-9-4-5-10(14)7-11(9)15;/h4-5,7H,2-3,6,8,16H2,1H3,(H,17,18);1H/t13-;/m0./s1. The van der Waals surface area contributed by atoms with Gasteiger partial charge in [0.05, 0.1) is 0 Å². The molecule has 0 unspecified atom stereocenters. The number of carboxylic acid groups (broad SMARTS) is 1. The van der Waals surface area contributed by atoms with Crippen molar-refractivity contribution in [2.24, 2.45) is 5.73 Å². The van der Waals surface area contributed by atoms with Gasteiger partial charge in [-0.25, -0.2) is 0 Å². The molecule has 0 heterocycles. The molecule has 19 heavy (non-hydrogen) atoms. The molecule has 0 radical (unpaired) electrons. The monoisotopic (exact) mass is 325 g/mol. The maximum Gasteiger partial charge on any atom is 0.324 e. The lowest BCUT2D eigenvalue weighted by molar-refractivity contribution is -0.143. The first-order valence-electron chi connectivity index (χ1n) is 5.85. The predicted molar refractivity (Wildman–Crippen MR) is 81.5 cm³/mol. The molecule has 0 saturated carbocycles. The minimum Gasteiger partial charge on any atom is -0.480 e. The van der Waals surface area contributed by atoms with Crippen LogP contribution in [0.3, 0.4) is 0 Å². The Hall–Kier alpha value is -0.480. The van der Waals surface area contributed by atoms with Crippen LogP contribution in [0.4, 0.5) is 0 Å². The van der Waals surface area contributed by atoms with Gasteiger partial charge in [-0.1, -0.05) is 49.0 Å². The molecular weight excluding hydrogens is 309 g/mol. The Morgan fingerprint density at radius 3 is 2.53 bits per heavy atom. The number of aliphatic carboxylic acids is 1. The van der Waals surface area contributed by atoms with Gasteiger partial charge >= 0.3 is 5.97 Å². The number of unbranched alkanes of at least 4 members (excludes halogenated alkanes) is 1. The fraction of sp³-hybridized carbons (Fsp3) is 0.462. The molecule has 0 amide bonds. The van der Waals surface area contributed by atoms with E-state index in [-0.39, 0.29) is 18.8 Å². The van der Waals surface area contributed by atoms with Crippen molar-refractivity contribution >= 4 is 41.6 Å². The Morgan fingerprint density at radius 2 is 2.05 bits per heavy atom. The fourth-order valence-electron chi connectivity index (χ4n) is 1.77. The molecule has 0 aliphatic carbocycles. The van der Waals surface area contributed by atoms with E-state index >= 15 is 0 Å². The van der Waals surface area contributed by atoms with Crippen LogP contribution in [0.25, 0.3) is 0 Å². The van der Waals surface area contributed by atoms with Crippen molar-refractivity contribution in [3.63, 3.8) is 0 Å². The smallest absolute Gasteiger partial charge is 0.324 e. The van der Waals surface area contributed by atoms with Gasteiger partial charge < -0.3 is 10.8 Å². The van der Waals surface area contributed by atoms with Crippen LogP contribution < -0.4 is 5.73 Å². The first-order chi connectivity index (χ1) is 8.39. The molecule has 0 aromatic heterocycles. The molecule has 0 aliphatic heterocycles. The van der Waals surface area contributed by atoms with Gasteiger partial charge in [-0.3, -0.25) is 4.79 Å². The second-order valence-corrected chi connectivity index (χ2v) is 5.32. The highest BCUT2D eigenvalue weighted by Gasteiger charge is 2.33. The van der Waals surface area contributed by atoms with E-state index in [4.69, 9.17) is 28.9 Å². The lowest BCUT2D eigenvalue weighted by atomic mass is 9.87. The van der Waals surface area contributed by atoms with Gasteiger partial charge in [-0.05, 0) is 24.1 Å². The molecule has 1 aromatic rings. The van der Waals surface area contributed by atoms with E-state index in [1.807, 2.05) is 6.92 Å². The summed E-state index contributed by atoms with van der Waals surface area (Å²) in [6, 6.07) is 5.01. The van der Waals surface area contributed by atoms with E-state index in [0.717, 1.165) is 12.8 Å². The van der Waals surface area contributed by atoms with Crippen molar-refractivity contribution in [3.05, 3.63) is 33.8 Å². The summed E-state index contributed by atoms with van der Waals surface area (Å²) >= 11 is 11.8. The number of benzene rings is 1. The SMILES string of the molecule is CCCC[C@](N)(Cc1ccc(Cl)cc1Cl)C(=O)O.Cl. The number of carbonyl (C=O) groups is 1. The normalized spacial score (nSPS) is 13.5. The van der Waals surface area contributed by atoms with Crippen molar-refractivity contribution in [2.45, 2.75) is 38.1 Å². The number of hydrogen-bond acceptors (Lipinski definition) is 2. The Balaban J connectivity index is 0.00000324. The van der Waals surface area contributed by atoms with Crippen molar-refractivity contribution < 1.29 is 9.90 Å². The number of rotatable bonds is 6. The van der Waals surface area contributed by atoms with Crippen molar-refractivity contribution in [3.8, 4) is 0 Å². The van der Waals surface area contributed by atoms with Crippen LogP contribution in [-0.2, 0) is 11.2 Å². The molecule has 1 atom stereocenters.